The van der Waals surface area contributed by atoms with Crippen molar-refractivity contribution in [3.63, 3.8) is 0 Å². The number of benzene rings is 1. The summed E-state index contributed by atoms with van der Waals surface area (Å²) in [6.45, 7) is 7.35. The number of nitrogens with two attached hydrogens (primary N) is 1. The summed E-state index contributed by atoms with van der Waals surface area (Å²) in [6, 6.07) is 6.93. The molecule has 1 heterocycles. The van der Waals surface area contributed by atoms with Crippen LogP contribution in [0.4, 0.5) is 5.69 Å². The molecule has 1 aliphatic heterocycles. The van der Waals surface area contributed by atoms with Crippen LogP contribution in [-0.4, -0.2) is 25.6 Å². The molecule has 1 saturated heterocycles. The molecule has 0 aromatic heterocycles. The quantitative estimate of drug-likeness (QED) is 0.913. The normalized spacial score (nSPS) is 20.6. The number of carbonyl (C=O) groups is 1. The molecule has 110 valence electrons. The average molecular weight is 296 g/mol. The van der Waals surface area contributed by atoms with E-state index in [0.717, 1.165) is 9.87 Å². The third-order valence-corrected chi connectivity index (χ3v) is 6.30. The molecular formula is C14H20N2O3S. The molecule has 20 heavy (non-hydrogen) atoms. The Kier molecular flexibility index (Phi) is 3.22. The zero-order valence-corrected chi connectivity index (χ0v) is 13.0. The zero-order valence-electron chi connectivity index (χ0n) is 12.2. The summed E-state index contributed by atoms with van der Waals surface area (Å²) < 4.78 is 23.7. The molecule has 0 aliphatic carbocycles. The van der Waals surface area contributed by atoms with Crippen molar-refractivity contribution < 1.29 is 13.2 Å². The molecule has 2 rings (SSSR count). The second kappa shape index (κ2) is 4.30. The lowest BCUT2D eigenvalue weighted by Gasteiger charge is -2.43. The minimum absolute atomic E-state index is 0.185. The highest BCUT2D eigenvalue weighted by Crippen LogP contribution is 2.39. The first-order valence-electron chi connectivity index (χ1n) is 6.45. The van der Waals surface area contributed by atoms with Crippen LogP contribution in [0.3, 0.4) is 0 Å². The van der Waals surface area contributed by atoms with Crippen molar-refractivity contribution in [3.05, 3.63) is 29.8 Å². The van der Waals surface area contributed by atoms with Gasteiger partial charge >= 0.3 is 0 Å². The molecule has 0 spiro atoms. The lowest BCUT2D eigenvalue weighted by Crippen LogP contribution is -2.67. The van der Waals surface area contributed by atoms with Crippen molar-refractivity contribution in [1.29, 1.82) is 0 Å². The van der Waals surface area contributed by atoms with E-state index in [4.69, 9.17) is 5.73 Å². The van der Waals surface area contributed by atoms with Gasteiger partial charge in [-0.2, -0.15) is 0 Å². The third-order valence-electron chi connectivity index (χ3n) is 3.98. The topological polar surface area (TPSA) is 80.5 Å². The first kappa shape index (κ1) is 15.0. The highest BCUT2D eigenvalue weighted by molar-refractivity contribution is 7.98. The number of hydrogen-bond acceptors (Lipinski definition) is 4. The van der Waals surface area contributed by atoms with Crippen molar-refractivity contribution >= 4 is 21.6 Å². The number of nitrogens with zero attached hydrogens (tertiary/aromatic N) is 1. The van der Waals surface area contributed by atoms with E-state index >= 15 is 0 Å². The molecule has 1 aliphatic rings. The molecule has 2 N–H and O–H groups in total. The van der Waals surface area contributed by atoms with Crippen LogP contribution in [0.25, 0.3) is 0 Å². The van der Waals surface area contributed by atoms with Crippen molar-refractivity contribution in [2.24, 2.45) is 5.73 Å². The Morgan fingerprint density at radius 2 is 1.70 bits per heavy atom. The Hall–Kier alpha value is -1.40. The van der Waals surface area contributed by atoms with E-state index in [1.807, 2.05) is 26.0 Å². The fourth-order valence-electron chi connectivity index (χ4n) is 2.08. The van der Waals surface area contributed by atoms with Crippen molar-refractivity contribution in [1.82, 2.24) is 0 Å². The summed E-state index contributed by atoms with van der Waals surface area (Å²) in [5, 5.41) is 0. The molecular weight excluding hydrogens is 276 g/mol. The van der Waals surface area contributed by atoms with E-state index < -0.39 is 20.7 Å². The smallest absolute Gasteiger partial charge is 0.263 e. The van der Waals surface area contributed by atoms with Crippen LogP contribution in [0.5, 0.6) is 0 Å². The van der Waals surface area contributed by atoms with E-state index in [2.05, 4.69) is 0 Å². The first-order valence-corrected chi connectivity index (χ1v) is 7.89. The standard InChI is InChI=1S/C14H20N2O3S/c1-13(2,9-15)10-5-7-11(8-6-10)16-12(17)14(3,4)20(16,18)19/h5-8H,9,15H2,1-4H3. The summed E-state index contributed by atoms with van der Waals surface area (Å²) in [6.07, 6.45) is 0. The number of amides is 1. The average Bonchev–Trinajstić information content (AvgIpc) is 2.39. The van der Waals surface area contributed by atoms with Gasteiger partial charge in [0.2, 0.25) is 0 Å². The van der Waals surface area contributed by atoms with Gasteiger partial charge in [-0.3, -0.25) is 4.79 Å². The Morgan fingerprint density at radius 3 is 2.10 bits per heavy atom. The Bertz CT molecular complexity index is 646. The maximum atomic E-state index is 12.1. The second-order valence-electron chi connectivity index (χ2n) is 6.22. The molecule has 1 fully saturated rings. The van der Waals surface area contributed by atoms with Crippen LogP contribution in [0.2, 0.25) is 0 Å². The molecule has 1 aromatic carbocycles. The van der Waals surface area contributed by atoms with E-state index in [0.29, 0.717) is 12.2 Å². The predicted octanol–water partition coefficient (Wildman–Crippen LogP) is 1.38. The van der Waals surface area contributed by atoms with E-state index in [1.165, 1.54) is 13.8 Å². The van der Waals surface area contributed by atoms with Gasteiger partial charge in [0.1, 0.15) is 0 Å². The highest BCUT2D eigenvalue weighted by Gasteiger charge is 2.60. The molecule has 0 bridgehead atoms. The summed E-state index contributed by atoms with van der Waals surface area (Å²) in [7, 11) is -3.60. The van der Waals surface area contributed by atoms with Crippen LogP contribution >= 0.6 is 0 Å². The zero-order chi connectivity index (χ0) is 15.3. The molecule has 5 nitrogen and oxygen atoms in total. The van der Waals surface area contributed by atoms with Gasteiger partial charge < -0.3 is 5.73 Å². The Labute approximate surface area is 119 Å². The van der Waals surface area contributed by atoms with Gasteiger partial charge in [0.15, 0.2) is 4.75 Å². The predicted molar refractivity (Wildman–Crippen MR) is 79.0 cm³/mol. The van der Waals surface area contributed by atoms with Gasteiger partial charge in [-0.1, -0.05) is 26.0 Å². The van der Waals surface area contributed by atoms with E-state index in [1.54, 1.807) is 12.1 Å². The molecule has 6 heteroatoms. The molecule has 0 saturated carbocycles. The van der Waals surface area contributed by atoms with Crippen LogP contribution in [0.1, 0.15) is 33.3 Å². The molecule has 0 atom stereocenters. The highest BCUT2D eigenvalue weighted by atomic mass is 32.2. The molecule has 0 radical (unpaired) electrons. The summed E-state index contributed by atoms with van der Waals surface area (Å²) in [5.41, 5.74) is 6.92. The van der Waals surface area contributed by atoms with Crippen molar-refractivity contribution in [2.45, 2.75) is 37.9 Å². The monoisotopic (exact) mass is 296 g/mol. The van der Waals surface area contributed by atoms with Gasteiger partial charge in [-0.05, 0) is 31.5 Å². The van der Waals surface area contributed by atoms with Crippen molar-refractivity contribution in [2.75, 3.05) is 10.8 Å². The van der Waals surface area contributed by atoms with Gasteiger partial charge in [0, 0.05) is 12.0 Å². The minimum Gasteiger partial charge on any atom is -0.330 e. The lowest BCUT2D eigenvalue weighted by molar-refractivity contribution is -0.120. The molecule has 1 amide bonds. The number of hydrogen-bond donors (Lipinski definition) is 1. The lowest BCUT2D eigenvalue weighted by atomic mass is 9.85. The van der Waals surface area contributed by atoms with Gasteiger partial charge in [-0.15, -0.1) is 0 Å². The maximum Gasteiger partial charge on any atom is 0.263 e. The van der Waals surface area contributed by atoms with Crippen LogP contribution in [-0.2, 0) is 20.2 Å². The number of sulfonamides is 1. The second-order valence-corrected chi connectivity index (χ2v) is 8.56. The van der Waals surface area contributed by atoms with E-state index in [-0.39, 0.29) is 5.41 Å². The summed E-state index contributed by atoms with van der Waals surface area (Å²) >= 11 is 0. The largest absolute Gasteiger partial charge is 0.330 e. The Balaban J connectivity index is 2.36. The van der Waals surface area contributed by atoms with E-state index in [9.17, 15) is 13.2 Å². The fourth-order valence-corrected chi connectivity index (χ4v) is 3.56. The minimum atomic E-state index is -3.60. The maximum absolute atomic E-state index is 12.1. The fraction of sp³-hybridized carbons (Fsp3) is 0.500. The number of carbonyl (C=O) groups excluding carboxylic acids is 1. The summed E-state index contributed by atoms with van der Waals surface area (Å²) in [5.74, 6) is -0.400. The first-order chi connectivity index (χ1) is 9.05. The number of rotatable bonds is 3. The molecule has 1 aromatic rings. The third kappa shape index (κ3) is 1.86. The van der Waals surface area contributed by atoms with Crippen LogP contribution < -0.4 is 10.0 Å². The van der Waals surface area contributed by atoms with Crippen LogP contribution in [0.15, 0.2) is 24.3 Å². The van der Waals surface area contributed by atoms with Gasteiger partial charge in [-0.25, -0.2) is 12.7 Å². The van der Waals surface area contributed by atoms with Gasteiger partial charge in [0.05, 0.1) is 5.69 Å². The molecule has 0 unspecified atom stereocenters. The van der Waals surface area contributed by atoms with Crippen LogP contribution in [0, 0.1) is 0 Å². The summed E-state index contributed by atoms with van der Waals surface area (Å²) in [4.78, 5) is 12.0. The van der Waals surface area contributed by atoms with Crippen molar-refractivity contribution in [3.8, 4) is 0 Å². The Morgan fingerprint density at radius 1 is 1.20 bits per heavy atom. The number of anilines is 1. The SMILES string of the molecule is CC(C)(CN)c1ccc(N2C(=O)C(C)(C)S2(=O)=O)cc1. The van der Waals surface area contributed by atoms with Gasteiger partial charge in [0.25, 0.3) is 15.9 Å².